The fourth-order valence-corrected chi connectivity index (χ4v) is 5.29. The lowest BCUT2D eigenvalue weighted by atomic mass is 10.00. The Kier molecular flexibility index (Phi) is 6.30. The van der Waals surface area contributed by atoms with Crippen molar-refractivity contribution in [1.29, 1.82) is 0 Å². The second-order valence-electron chi connectivity index (χ2n) is 10.2. The van der Waals surface area contributed by atoms with Crippen molar-refractivity contribution >= 4 is 11.7 Å². The Hall–Kier alpha value is -6.30. The van der Waals surface area contributed by atoms with Gasteiger partial charge in [0, 0.05) is 11.1 Å². The van der Waals surface area contributed by atoms with Crippen LogP contribution >= 0.6 is 0 Å². The molecule has 0 fully saturated rings. The summed E-state index contributed by atoms with van der Waals surface area (Å²) < 4.78 is 26.6. The van der Waals surface area contributed by atoms with Gasteiger partial charge in [0.15, 0.2) is 11.6 Å². The van der Waals surface area contributed by atoms with E-state index in [2.05, 4.69) is 20.4 Å². The van der Waals surface area contributed by atoms with Gasteiger partial charge >= 0.3 is 11.7 Å². The predicted molar refractivity (Wildman–Crippen MR) is 164 cm³/mol. The summed E-state index contributed by atoms with van der Waals surface area (Å²) in [6.07, 6.45) is 0.595. The minimum absolute atomic E-state index is 0.291. The molecule has 45 heavy (non-hydrogen) atoms. The monoisotopic (exact) mass is 596 g/mol. The molecule has 220 valence electrons. The molecule has 0 aliphatic rings. The molecule has 0 aliphatic heterocycles. The number of fused-ring (bicyclic) bond motifs is 2. The summed E-state index contributed by atoms with van der Waals surface area (Å²) in [5, 5.41) is 26.2. The van der Waals surface area contributed by atoms with Crippen LogP contribution < -0.4 is 9.47 Å². The Bertz CT molecular complexity index is 2120. The van der Waals surface area contributed by atoms with E-state index in [1.165, 1.54) is 0 Å². The zero-order valence-electron chi connectivity index (χ0n) is 24.2. The molecule has 0 radical (unpaired) electrons. The molecule has 0 atom stereocenters. The lowest BCUT2D eigenvalue weighted by Gasteiger charge is -2.10. The van der Waals surface area contributed by atoms with Crippen molar-refractivity contribution in [1.82, 2.24) is 39.6 Å². The van der Waals surface area contributed by atoms with Crippen LogP contribution in [-0.2, 0) is 6.42 Å². The van der Waals surface area contributed by atoms with E-state index in [4.69, 9.17) is 28.5 Å². The summed E-state index contributed by atoms with van der Waals surface area (Å²) in [7, 11) is 3.23. The van der Waals surface area contributed by atoms with Crippen LogP contribution in [0.2, 0.25) is 0 Å². The summed E-state index contributed by atoms with van der Waals surface area (Å²) in [6.45, 7) is 0. The molecule has 0 spiro atoms. The van der Waals surface area contributed by atoms with Gasteiger partial charge in [-0.15, -0.1) is 20.4 Å². The van der Waals surface area contributed by atoms with E-state index >= 15 is 0 Å². The third-order valence-electron chi connectivity index (χ3n) is 7.44. The van der Waals surface area contributed by atoms with Crippen LogP contribution in [0.15, 0.2) is 106 Å². The molecule has 0 bridgehead atoms. The number of hydrogen-bond donors (Lipinski definition) is 0. The Morgan fingerprint density at radius 2 is 1.00 bits per heavy atom. The van der Waals surface area contributed by atoms with Crippen LogP contribution in [0.3, 0.4) is 0 Å². The third kappa shape index (κ3) is 4.65. The smallest absolute Gasteiger partial charge is 0.346 e. The van der Waals surface area contributed by atoms with Crippen LogP contribution in [0.1, 0.15) is 11.1 Å². The number of ether oxygens (including phenoxy) is 2. The second-order valence-corrected chi connectivity index (χ2v) is 10.2. The van der Waals surface area contributed by atoms with Crippen molar-refractivity contribution in [2.45, 2.75) is 6.42 Å². The Morgan fingerprint density at radius 1 is 0.556 bits per heavy atom. The molecule has 0 N–H and O–H groups in total. The molecule has 8 aromatic rings. The number of rotatable bonds is 8. The molecule has 0 saturated carbocycles. The van der Waals surface area contributed by atoms with Gasteiger partial charge in [-0.25, -0.2) is 0 Å². The Balaban J connectivity index is 1.13. The van der Waals surface area contributed by atoms with Gasteiger partial charge < -0.3 is 18.3 Å². The topological polar surface area (TPSA) is 131 Å². The van der Waals surface area contributed by atoms with E-state index in [-0.39, 0.29) is 0 Å². The van der Waals surface area contributed by atoms with Crippen LogP contribution in [0.4, 0.5) is 0 Å². The van der Waals surface area contributed by atoms with E-state index in [1.807, 2.05) is 97.1 Å². The molecular formula is C33H24N8O4. The number of benzene rings is 4. The minimum atomic E-state index is 0.291. The molecule has 8 rings (SSSR count). The van der Waals surface area contributed by atoms with E-state index in [9.17, 15) is 0 Å². The highest BCUT2D eigenvalue weighted by Crippen LogP contribution is 2.35. The first kappa shape index (κ1) is 26.3. The highest BCUT2D eigenvalue weighted by Gasteiger charge is 2.21. The molecule has 0 amide bonds. The number of hydrogen-bond acceptors (Lipinski definition) is 10. The second kappa shape index (κ2) is 10.8. The maximum atomic E-state index is 6.02. The van der Waals surface area contributed by atoms with Crippen molar-refractivity contribution in [3.8, 4) is 57.2 Å². The molecule has 4 aromatic carbocycles. The van der Waals surface area contributed by atoms with Crippen LogP contribution in [0.5, 0.6) is 11.5 Å². The van der Waals surface area contributed by atoms with Crippen molar-refractivity contribution in [3.05, 3.63) is 108 Å². The fourth-order valence-electron chi connectivity index (χ4n) is 5.29. The van der Waals surface area contributed by atoms with Gasteiger partial charge in [-0.05, 0) is 41.8 Å². The van der Waals surface area contributed by atoms with Crippen LogP contribution in [-0.4, -0.2) is 53.8 Å². The normalized spacial score (nSPS) is 11.4. The molecule has 0 aliphatic carbocycles. The zero-order valence-corrected chi connectivity index (χ0v) is 24.2. The fraction of sp³-hybridized carbons (Fsp3) is 0.0909. The average Bonchev–Trinajstić information content (AvgIpc) is 3.87. The third-order valence-corrected chi connectivity index (χ3v) is 7.44. The summed E-state index contributed by atoms with van der Waals surface area (Å²) in [4.78, 5) is 0. The van der Waals surface area contributed by atoms with Gasteiger partial charge in [0.1, 0.15) is 11.5 Å². The van der Waals surface area contributed by atoms with Gasteiger partial charge in [-0.1, -0.05) is 83.0 Å². The quantitative estimate of drug-likeness (QED) is 0.205. The number of methoxy groups -OCH3 is 2. The summed E-state index contributed by atoms with van der Waals surface area (Å²) in [5.41, 5.74) is 5.18. The largest absolute Gasteiger partial charge is 0.496 e. The van der Waals surface area contributed by atoms with Crippen molar-refractivity contribution in [3.63, 3.8) is 0 Å². The van der Waals surface area contributed by atoms with E-state index in [0.29, 0.717) is 64.2 Å². The maximum absolute atomic E-state index is 6.02. The van der Waals surface area contributed by atoms with Gasteiger partial charge in [0.05, 0.1) is 25.3 Å². The molecule has 4 heterocycles. The number of aromatic nitrogens is 8. The van der Waals surface area contributed by atoms with E-state index < -0.39 is 0 Å². The first-order valence-electron chi connectivity index (χ1n) is 14.1. The molecule has 0 saturated heterocycles. The molecule has 0 unspecified atom stereocenters. The highest BCUT2D eigenvalue weighted by atomic mass is 16.5. The van der Waals surface area contributed by atoms with Gasteiger partial charge in [-0.2, -0.15) is 9.03 Å². The van der Waals surface area contributed by atoms with Crippen LogP contribution in [0.25, 0.3) is 57.4 Å². The lowest BCUT2D eigenvalue weighted by Crippen LogP contribution is -1.96. The summed E-state index contributed by atoms with van der Waals surface area (Å²) >= 11 is 0. The van der Waals surface area contributed by atoms with E-state index in [1.54, 1.807) is 23.3 Å². The van der Waals surface area contributed by atoms with Crippen molar-refractivity contribution in [2.75, 3.05) is 14.2 Å². The standard InChI is InChI=1S/C33H24N8O4/c1-42-26-15-13-20(18-24(26)30-38-40-28(34-36-32(40)44-30)22-9-5-3-6-10-22)17-21-14-16-27(43-2)25(19-21)31-39-41-29(35-37-33(41)45-31)23-11-7-4-8-12-23/h3-16,18-19H,17H2,1-2H3. The van der Waals surface area contributed by atoms with Gasteiger partial charge in [-0.3, -0.25) is 0 Å². The maximum Gasteiger partial charge on any atom is 0.346 e. The molecule has 12 nitrogen and oxygen atoms in total. The van der Waals surface area contributed by atoms with Gasteiger partial charge in [0.25, 0.3) is 11.8 Å². The molecular weight excluding hydrogens is 572 g/mol. The Morgan fingerprint density at radius 3 is 1.42 bits per heavy atom. The lowest BCUT2D eigenvalue weighted by molar-refractivity contribution is 0.414. The molecule has 12 heteroatoms. The Labute approximate surface area is 255 Å². The first-order chi connectivity index (χ1) is 22.2. The van der Waals surface area contributed by atoms with Gasteiger partial charge in [0.2, 0.25) is 0 Å². The van der Waals surface area contributed by atoms with Crippen molar-refractivity contribution in [2.24, 2.45) is 0 Å². The average molecular weight is 597 g/mol. The predicted octanol–water partition coefficient (Wildman–Crippen LogP) is 6.02. The minimum Gasteiger partial charge on any atom is -0.496 e. The number of nitrogens with zero attached hydrogens (tertiary/aromatic N) is 8. The van der Waals surface area contributed by atoms with Crippen LogP contribution in [0, 0.1) is 0 Å². The van der Waals surface area contributed by atoms with E-state index in [0.717, 1.165) is 22.3 Å². The zero-order chi connectivity index (χ0) is 30.3. The summed E-state index contributed by atoms with van der Waals surface area (Å²) in [6, 6.07) is 31.3. The van der Waals surface area contributed by atoms with Crippen molar-refractivity contribution < 1.29 is 18.3 Å². The highest BCUT2D eigenvalue weighted by molar-refractivity contribution is 5.68. The first-order valence-corrected chi connectivity index (χ1v) is 14.1. The SMILES string of the molecule is COc1ccc(Cc2ccc(OC)c(-c3nn4c(-c5ccccc5)nnc4o3)c2)cc1-c1nn2c(-c3ccccc3)nnc2o1. The summed E-state index contributed by atoms with van der Waals surface area (Å²) in [5.74, 6) is 3.75. The molecule has 4 aromatic heterocycles.